The van der Waals surface area contributed by atoms with Crippen LogP contribution in [-0.4, -0.2) is 55.8 Å². The lowest BCUT2D eigenvalue weighted by Gasteiger charge is -2.36. The highest BCUT2D eigenvalue weighted by molar-refractivity contribution is 7.89. The van der Waals surface area contributed by atoms with Crippen molar-refractivity contribution in [3.8, 4) is 0 Å². The van der Waals surface area contributed by atoms with Crippen LogP contribution in [0.2, 0.25) is 0 Å². The number of amides is 1. The van der Waals surface area contributed by atoms with Gasteiger partial charge in [-0.05, 0) is 42.8 Å². The summed E-state index contributed by atoms with van der Waals surface area (Å²) in [6.45, 7) is 2.53. The first kappa shape index (κ1) is 24.1. The van der Waals surface area contributed by atoms with Crippen LogP contribution < -0.4 is 5.32 Å². The minimum Gasteiger partial charge on any atom is -0.351 e. The average Bonchev–Trinajstić information content (AvgIpc) is 2.77. The molecule has 1 unspecified atom stereocenters. The molecule has 11 heteroatoms. The summed E-state index contributed by atoms with van der Waals surface area (Å²) in [4.78, 5) is 13.8. The molecule has 2 aromatic rings. The highest BCUT2D eigenvalue weighted by atomic mass is 32.2. The third-order valence-corrected chi connectivity index (χ3v) is 7.27. The third-order valence-electron chi connectivity index (χ3n) is 5.38. The van der Waals surface area contributed by atoms with Crippen molar-refractivity contribution in [2.45, 2.75) is 30.6 Å². The van der Waals surface area contributed by atoms with E-state index in [4.69, 9.17) is 0 Å². The largest absolute Gasteiger partial charge is 0.416 e. The molecular weight excluding hydrogens is 450 g/mol. The van der Waals surface area contributed by atoms with Crippen molar-refractivity contribution < 1.29 is 30.8 Å². The van der Waals surface area contributed by atoms with E-state index in [1.807, 2.05) is 0 Å². The number of hydrogen-bond donors (Lipinski definition) is 1. The fourth-order valence-corrected chi connectivity index (χ4v) is 4.89. The topological polar surface area (TPSA) is 69.7 Å². The van der Waals surface area contributed by atoms with Gasteiger partial charge in [0.2, 0.25) is 15.9 Å². The fourth-order valence-electron chi connectivity index (χ4n) is 3.42. The molecule has 1 heterocycles. The molecule has 1 aliphatic rings. The van der Waals surface area contributed by atoms with Crippen LogP contribution in [0.5, 0.6) is 0 Å². The van der Waals surface area contributed by atoms with Crippen LogP contribution in [0.25, 0.3) is 0 Å². The molecule has 174 valence electrons. The smallest absolute Gasteiger partial charge is 0.351 e. The highest BCUT2D eigenvalue weighted by Crippen LogP contribution is 2.31. The number of rotatable bonds is 6. The molecule has 1 aliphatic heterocycles. The van der Waals surface area contributed by atoms with E-state index in [0.717, 1.165) is 28.1 Å². The quantitative estimate of drug-likeness (QED) is 0.656. The Balaban J connectivity index is 1.58. The van der Waals surface area contributed by atoms with Gasteiger partial charge in [0, 0.05) is 32.7 Å². The molecule has 0 aromatic heterocycles. The van der Waals surface area contributed by atoms with Gasteiger partial charge in [0.1, 0.15) is 5.82 Å². The molecule has 0 radical (unpaired) electrons. The number of benzene rings is 2. The molecule has 1 fully saturated rings. The molecule has 1 N–H and O–H groups in total. The normalized spacial score (nSPS) is 17.2. The second-order valence-electron chi connectivity index (χ2n) is 7.49. The van der Waals surface area contributed by atoms with E-state index in [9.17, 15) is 30.8 Å². The van der Waals surface area contributed by atoms with Crippen molar-refractivity contribution in [3.05, 3.63) is 65.5 Å². The Morgan fingerprint density at radius 3 is 2.28 bits per heavy atom. The second kappa shape index (κ2) is 9.55. The number of sulfonamides is 1. The predicted molar refractivity (Wildman–Crippen MR) is 109 cm³/mol. The van der Waals surface area contributed by atoms with Crippen LogP contribution >= 0.6 is 0 Å². The van der Waals surface area contributed by atoms with Gasteiger partial charge in [-0.3, -0.25) is 9.69 Å². The summed E-state index contributed by atoms with van der Waals surface area (Å²) >= 11 is 0. The maximum atomic E-state index is 13.0. The SMILES string of the molecule is CC(C(=O)NCc1ccc(F)cc1)N1CCN(S(=O)(=O)c2cccc(C(F)(F)F)c2)CC1. The fraction of sp³-hybridized carbons (Fsp3) is 0.381. The standard InChI is InChI=1S/C21H23F4N3O3S/c1-15(20(29)26-14-16-5-7-18(22)8-6-16)27-9-11-28(12-10-27)32(30,31)19-4-2-3-17(13-19)21(23,24)25/h2-8,13,15H,9-12,14H2,1H3,(H,26,29). The van der Waals surface area contributed by atoms with E-state index in [2.05, 4.69) is 5.32 Å². The van der Waals surface area contributed by atoms with Crippen molar-refractivity contribution in [2.75, 3.05) is 26.2 Å². The Bertz CT molecular complexity index is 1050. The second-order valence-corrected chi connectivity index (χ2v) is 9.42. The van der Waals surface area contributed by atoms with Gasteiger partial charge < -0.3 is 5.32 Å². The van der Waals surface area contributed by atoms with E-state index in [1.54, 1.807) is 24.0 Å². The number of hydrogen-bond acceptors (Lipinski definition) is 4. The van der Waals surface area contributed by atoms with E-state index >= 15 is 0 Å². The van der Waals surface area contributed by atoms with Gasteiger partial charge in [-0.25, -0.2) is 12.8 Å². The molecule has 1 amide bonds. The van der Waals surface area contributed by atoms with Crippen LogP contribution in [0, 0.1) is 5.82 Å². The van der Waals surface area contributed by atoms with E-state index in [1.165, 1.54) is 12.1 Å². The van der Waals surface area contributed by atoms with Crippen molar-refractivity contribution in [1.29, 1.82) is 0 Å². The summed E-state index contributed by atoms with van der Waals surface area (Å²) in [7, 11) is -4.09. The zero-order valence-electron chi connectivity index (χ0n) is 17.3. The number of nitrogens with one attached hydrogen (secondary N) is 1. The van der Waals surface area contributed by atoms with Crippen LogP contribution in [0.15, 0.2) is 53.4 Å². The Kier molecular flexibility index (Phi) is 7.21. The Morgan fingerprint density at radius 2 is 1.69 bits per heavy atom. The number of carbonyl (C=O) groups is 1. The van der Waals surface area contributed by atoms with Crippen molar-refractivity contribution in [2.24, 2.45) is 0 Å². The van der Waals surface area contributed by atoms with Gasteiger partial charge in [0.05, 0.1) is 16.5 Å². The van der Waals surface area contributed by atoms with Gasteiger partial charge in [0.25, 0.3) is 0 Å². The van der Waals surface area contributed by atoms with Gasteiger partial charge in [-0.2, -0.15) is 17.5 Å². The number of nitrogens with zero attached hydrogens (tertiary/aromatic N) is 2. The summed E-state index contributed by atoms with van der Waals surface area (Å²) in [6.07, 6.45) is -4.64. The van der Waals surface area contributed by atoms with Crippen LogP contribution in [0.4, 0.5) is 17.6 Å². The molecule has 2 aromatic carbocycles. The van der Waals surface area contributed by atoms with Crippen LogP contribution in [0.1, 0.15) is 18.1 Å². The molecule has 0 saturated carbocycles. The highest BCUT2D eigenvalue weighted by Gasteiger charge is 2.35. The molecule has 0 spiro atoms. The van der Waals surface area contributed by atoms with Gasteiger partial charge in [0.15, 0.2) is 0 Å². The lowest BCUT2D eigenvalue weighted by Crippen LogP contribution is -2.54. The number of halogens is 4. The zero-order valence-corrected chi connectivity index (χ0v) is 18.1. The number of alkyl halides is 3. The molecule has 1 saturated heterocycles. The van der Waals surface area contributed by atoms with Gasteiger partial charge in [-0.1, -0.05) is 18.2 Å². The maximum absolute atomic E-state index is 13.0. The third kappa shape index (κ3) is 5.64. The molecule has 6 nitrogen and oxygen atoms in total. The molecule has 0 aliphatic carbocycles. The lowest BCUT2D eigenvalue weighted by atomic mass is 10.2. The van der Waals surface area contributed by atoms with Gasteiger partial charge >= 0.3 is 6.18 Å². The minimum absolute atomic E-state index is 0.0498. The molecule has 32 heavy (non-hydrogen) atoms. The molecule has 1 atom stereocenters. The maximum Gasteiger partial charge on any atom is 0.416 e. The Hall–Kier alpha value is -2.50. The first-order valence-corrected chi connectivity index (χ1v) is 11.4. The Morgan fingerprint density at radius 1 is 1.06 bits per heavy atom. The van der Waals surface area contributed by atoms with Gasteiger partial charge in [-0.15, -0.1) is 0 Å². The first-order valence-electron chi connectivity index (χ1n) is 9.92. The van der Waals surface area contributed by atoms with Crippen molar-refractivity contribution in [3.63, 3.8) is 0 Å². The summed E-state index contributed by atoms with van der Waals surface area (Å²) in [6, 6.07) is 8.87. The summed E-state index contributed by atoms with van der Waals surface area (Å²) in [5.74, 6) is -0.630. The van der Waals surface area contributed by atoms with E-state index in [-0.39, 0.29) is 44.4 Å². The van der Waals surface area contributed by atoms with Crippen molar-refractivity contribution in [1.82, 2.24) is 14.5 Å². The van der Waals surface area contributed by atoms with Crippen LogP contribution in [0.3, 0.4) is 0 Å². The lowest BCUT2D eigenvalue weighted by molar-refractivity contribution is -0.137. The summed E-state index contributed by atoms with van der Waals surface area (Å²) in [5.41, 5.74) is -0.285. The zero-order chi connectivity index (χ0) is 23.5. The molecular formula is C21H23F4N3O3S. The summed E-state index contributed by atoms with van der Waals surface area (Å²) in [5, 5.41) is 2.76. The number of piperazine rings is 1. The van der Waals surface area contributed by atoms with Crippen LogP contribution in [-0.2, 0) is 27.5 Å². The van der Waals surface area contributed by atoms with Crippen molar-refractivity contribution >= 4 is 15.9 Å². The molecule has 3 rings (SSSR count). The van der Waals surface area contributed by atoms with E-state index in [0.29, 0.717) is 6.07 Å². The first-order chi connectivity index (χ1) is 15.0. The minimum atomic E-state index is -4.64. The molecule has 0 bridgehead atoms. The van der Waals surface area contributed by atoms with E-state index < -0.39 is 32.7 Å². The summed E-state index contributed by atoms with van der Waals surface area (Å²) < 4.78 is 78.5. The Labute approximate surface area is 183 Å². The monoisotopic (exact) mass is 473 g/mol. The number of carbonyl (C=O) groups excluding carboxylic acids is 1. The predicted octanol–water partition coefficient (Wildman–Crippen LogP) is 2.86. The average molecular weight is 473 g/mol.